The lowest BCUT2D eigenvalue weighted by molar-refractivity contribution is 0.143. The maximum absolute atomic E-state index is 11.9. The Balaban J connectivity index is 2.33. The first-order chi connectivity index (χ1) is 5.20. The molecule has 0 aromatic rings. The van der Waals surface area contributed by atoms with Crippen molar-refractivity contribution in [2.24, 2.45) is 5.41 Å². The Bertz CT molecular complexity index is 131. The fourth-order valence-electron chi connectivity index (χ4n) is 1.57. The summed E-state index contributed by atoms with van der Waals surface area (Å²) in [6, 6.07) is 0. The summed E-state index contributed by atoms with van der Waals surface area (Å²) in [5.74, 6) is 0. The third kappa shape index (κ3) is 2.14. The molecule has 0 saturated carbocycles. The van der Waals surface area contributed by atoms with E-state index < -0.39 is 0 Å². The molecule has 0 bridgehead atoms. The molecular weight excluding hydrogens is 145 g/mol. The predicted octanol–water partition coefficient (Wildman–Crippen LogP) is 0.660. The van der Waals surface area contributed by atoms with Crippen LogP contribution in [0.4, 0.5) is 4.39 Å². The molecule has 1 saturated heterocycles. The number of hydrogen-bond acceptors (Lipinski definition) is 2. The number of alkyl halides is 1. The highest BCUT2D eigenvalue weighted by Crippen LogP contribution is 2.28. The lowest BCUT2D eigenvalue weighted by Gasteiger charge is -2.20. The summed E-state index contributed by atoms with van der Waals surface area (Å²) in [7, 11) is 0. The molecule has 1 aliphatic rings. The van der Waals surface area contributed by atoms with Gasteiger partial charge in [0.15, 0.2) is 0 Å². The Morgan fingerprint density at radius 2 is 2.36 bits per heavy atom. The van der Waals surface area contributed by atoms with Crippen LogP contribution in [0.2, 0.25) is 0 Å². The number of likely N-dealkylation sites (tertiary alicyclic amines) is 1. The van der Waals surface area contributed by atoms with Crippen molar-refractivity contribution >= 4 is 0 Å². The first-order valence-electron chi connectivity index (χ1n) is 4.09. The SMILES string of the molecule is CC1(CO)CCN(CCF)C1. The third-order valence-electron chi connectivity index (χ3n) is 2.42. The van der Waals surface area contributed by atoms with E-state index in [1.807, 2.05) is 6.92 Å². The molecule has 0 aromatic carbocycles. The zero-order valence-electron chi connectivity index (χ0n) is 7.02. The summed E-state index contributed by atoms with van der Waals surface area (Å²) in [4.78, 5) is 2.07. The molecule has 0 radical (unpaired) electrons. The molecule has 1 atom stereocenters. The number of aliphatic hydroxyl groups excluding tert-OH is 1. The van der Waals surface area contributed by atoms with E-state index in [4.69, 9.17) is 5.11 Å². The Labute approximate surface area is 67.0 Å². The van der Waals surface area contributed by atoms with Gasteiger partial charge in [0.25, 0.3) is 0 Å². The molecule has 2 nitrogen and oxygen atoms in total. The van der Waals surface area contributed by atoms with Crippen molar-refractivity contribution < 1.29 is 9.50 Å². The molecule has 1 aliphatic heterocycles. The zero-order chi connectivity index (χ0) is 8.32. The van der Waals surface area contributed by atoms with E-state index in [9.17, 15) is 4.39 Å². The van der Waals surface area contributed by atoms with Crippen molar-refractivity contribution in [3.8, 4) is 0 Å². The fraction of sp³-hybridized carbons (Fsp3) is 1.00. The van der Waals surface area contributed by atoms with E-state index in [2.05, 4.69) is 4.90 Å². The second kappa shape index (κ2) is 3.50. The van der Waals surface area contributed by atoms with E-state index >= 15 is 0 Å². The topological polar surface area (TPSA) is 23.5 Å². The van der Waals surface area contributed by atoms with Gasteiger partial charge >= 0.3 is 0 Å². The minimum absolute atomic E-state index is 0.0230. The Kier molecular flexibility index (Phi) is 2.84. The first-order valence-corrected chi connectivity index (χ1v) is 4.09. The second-order valence-corrected chi connectivity index (χ2v) is 3.68. The summed E-state index contributed by atoms with van der Waals surface area (Å²) >= 11 is 0. The van der Waals surface area contributed by atoms with Crippen molar-refractivity contribution in [3.05, 3.63) is 0 Å². The number of hydrogen-bond donors (Lipinski definition) is 1. The standard InChI is InChI=1S/C8H16FNO/c1-8(7-11)2-4-10(6-8)5-3-9/h11H,2-7H2,1H3. The van der Waals surface area contributed by atoms with Crippen molar-refractivity contribution in [2.45, 2.75) is 13.3 Å². The van der Waals surface area contributed by atoms with Gasteiger partial charge in [-0.2, -0.15) is 0 Å². The normalized spacial score (nSPS) is 33.0. The molecule has 11 heavy (non-hydrogen) atoms. The average Bonchev–Trinajstić information content (AvgIpc) is 2.35. The Morgan fingerprint density at radius 1 is 1.64 bits per heavy atom. The van der Waals surface area contributed by atoms with Crippen molar-refractivity contribution in [1.82, 2.24) is 4.90 Å². The van der Waals surface area contributed by atoms with Gasteiger partial charge in [0.05, 0.1) is 0 Å². The highest BCUT2D eigenvalue weighted by Gasteiger charge is 2.32. The number of rotatable bonds is 3. The minimum Gasteiger partial charge on any atom is -0.396 e. The van der Waals surface area contributed by atoms with Crippen LogP contribution in [0.1, 0.15) is 13.3 Å². The van der Waals surface area contributed by atoms with Gasteiger partial charge in [-0.15, -0.1) is 0 Å². The zero-order valence-corrected chi connectivity index (χ0v) is 7.02. The van der Waals surface area contributed by atoms with Crippen LogP contribution in [0.3, 0.4) is 0 Å². The average molecular weight is 161 g/mol. The van der Waals surface area contributed by atoms with Crippen LogP contribution in [-0.4, -0.2) is 42.9 Å². The van der Waals surface area contributed by atoms with Crippen molar-refractivity contribution in [1.29, 1.82) is 0 Å². The quantitative estimate of drug-likeness (QED) is 0.657. The molecule has 66 valence electrons. The van der Waals surface area contributed by atoms with Crippen LogP contribution in [0.15, 0.2) is 0 Å². The highest BCUT2D eigenvalue weighted by atomic mass is 19.1. The van der Waals surface area contributed by atoms with Gasteiger partial charge in [-0.05, 0) is 13.0 Å². The summed E-state index contributed by atoms with van der Waals surface area (Å²) < 4.78 is 11.9. The summed E-state index contributed by atoms with van der Waals surface area (Å²) in [5.41, 5.74) is 0.0230. The molecule has 1 N–H and O–H groups in total. The largest absolute Gasteiger partial charge is 0.396 e. The first kappa shape index (κ1) is 8.94. The van der Waals surface area contributed by atoms with Gasteiger partial charge in [-0.1, -0.05) is 6.92 Å². The molecule has 3 heteroatoms. The predicted molar refractivity (Wildman–Crippen MR) is 42.2 cm³/mol. The van der Waals surface area contributed by atoms with Gasteiger partial charge in [0.1, 0.15) is 6.67 Å². The van der Waals surface area contributed by atoms with Crippen LogP contribution in [-0.2, 0) is 0 Å². The number of nitrogens with zero attached hydrogens (tertiary/aromatic N) is 1. The Morgan fingerprint density at radius 3 is 2.82 bits per heavy atom. The monoisotopic (exact) mass is 161 g/mol. The number of halogens is 1. The summed E-state index contributed by atoms with van der Waals surface area (Å²) in [6.07, 6.45) is 0.990. The molecular formula is C8H16FNO. The van der Waals surface area contributed by atoms with E-state index in [1.165, 1.54) is 0 Å². The smallest absolute Gasteiger partial charge is 0.102 e. The molecule has 1 rings (SSSR count). The van der Waals surface area contributed by atoms with E-state index in [1.54, 1.807) is 0 Å². The van der Waals surface area contributed by atoms with Gasteiger partial charge in [0, 0.05) is 25.1 Å². The highest BCUT2D eigenvalue weighted by molar-refractivity contribution is 4.85. The van der Waals surface area contributed by atoms with Gasteiger partial charge in [0.2, 0.25) is 0 Å². The van der Waals surface area contributed by atoms with E-state index in [0.29, 0.717) is 6.54 Å². The maximum atomic E-state index is 11.9. The maximum Gasteiger partial charge on any atom is 0.102 e. The van der Waals surface area contributed by atoms with Crippen molar-refractivity contribution in [2.75, 3.05) is 32.9 Å². The van der Waals surface area contributed by atoms with Crippen LogP contribution in [0.25, 0.3) is 0 Å². The Hall–Kier alpha value is -0.150. The molecule has 0 aromatic heterocycles. The molecule has 0 amide bonds. The molecule has 0 aliphatic carbocycles. The molecule has 1 unspecified atom stereocenters. The van der Waals surface area contributed by atoms with E-state index in [0.717, 1.165) is 19.5 Å². The molecule has 1 heterocycles. The van der Waals surface area contributed by atoms with Crippen molar-refractivity contribution in [3.63, 3.8) is 0 Å². The minimum atomic E-state index is -0.276. The fourth-order valence-corrected chi connectivity index (χ4v) is 1.57. The summed E-state index contributed by atoms with van der Waals surface area (Å²) in [5, 5.41) is 8.99. The van der Waals surface area contributed by atoms with Crippen LogP contribution in [0.5, 0.6) is 0 Å². The second-order valence-electron chi connectivity index (χ2n) is 3.68. The lowest BCUT2D eigenvalue weighted by atomic mass is 9.91. The van der Waals surface area contributed by atoms with Crippen LogP contribution in [0, 0.1) is 5.41 Å². The van der Waals surface area contributed by atoms with Gasteiger partial charge in [-0.25, -0.2) is 4.39 Å². The lowest BCUT2D eigenvalue weighted by Crippen LogP contribution is -2.28. The van der Waals surface area contributed by atoms with E-state index in [-0.39, 0.29) is 18.7 Å². The third-order valence-corrected chi connectivity index (χ3v) is 2.42. The van der Waals surface area contributed by atoms with Crippen LogP contribution >= 0.6 is 0 Å². The van der Waals surface area contributed by atoms with Crippen LogP contribution < -0.4 is 0 Å². The molecule has 0 spiro atoms. The molecule has 1 fully saturated rings. The van der Waals surface area contributed by atoms with Gasteiger partial charge < -0.3 is 10.0 Å². The van der Waals surface area contributed by atoms with Gasteiger partial charge in [-0.3, -0.25) is 0 Å². The number of aliphatic hydroxyl groups is 1. The summed E-state index contributed by atoms with van der Waals surface area (Å²) in [6.45, 7) is 4.28.